The summed E-state index contributed by atoms with van der Waals surface area (Å²) >= 11 is 0. The van der Waals surface area contributed by atoms with E-state index in [4.69, 9.17) is 0 Å². The highest BCUT2D eigenvalue weighted by Crippen LogP contribution is 2.64. The summed E-state index contributed by atoms with van der Waals surface area (Å²) in [6.45, 7) is 1.73. The molecule has 10 nitrogen and oxygen atoms in total. The van der Waals surface area contributed by atoms with Gasteiger partial charge >= 0.3 is 5.97 Å². The minimum Gasteiger partial charge on any atom is -0.508 e. The van der Waals surface area contributed by atoms with Crippen LogP contribution in [0.4, 0.5) is 5.69 Å². The van der Waals surface area contributed by atoms with E-state index in [9.17, 15) is 34.2 Å². The molecule has 3 aromatic rings. The van der Waals surface area contributed by atoms with Crippen molar-refractivity contribution < 1.29 is 34.2 Å². The first-order valence-electron chi connectivity index (χ1n) is 15.5. The van der Waals surface area contributed by atoms with Crippen LogP contribution in [0, 0.1) is 30.6 Å². The van der Waals surface area contributed by atoms with Crippen molar-refractivity contribution in [2.24, 2.45) is 23.7 Å². The molecule has 3 N–H and O–H groups in total. The van der Waals surface area contributed by atoms with E-state index in [2.05, 4.69) is 5.43 Å². The number of carbonyl (C=O) groups excluding carboxylic acids is 4. The van der Waals surface area contributed by atoms with E-state index in [1.807, 2.05) is 55.5 Å². The minimum atomic E-state index is -1.39. The number of aromatic hydroxyl groups is 1. The lowest BCUT2D eigenvalue weighted by Crippen LogP contribution is -2.53. The van der Waals surface area contributed by atoms with E-state index < -0.39 is 64.6 Å². The second-order valence-electron chi connectivity index (χ2n) is 12.7. The van der Waals surface area contributed by atoms with E-state index in [-0.39, 0.29) is 31.6 Å². The highest BCUT2D eigenvalue weighted by Gasteiger charge is 2.70. The van der Waals surface area contributed by atoms with Gasteiger partial charge in [-0.3, -0.25) is 34.3 Å². The summed E-state index contributed by atoms with van der Waals surface area (Å²) in [6, 6.07) is 23.1. The first kappa shape index (κ1) is 29.5. The van der Waals surface area contributed by atoms with E-state index in [1.165, 1.54) is 0 Å². The number of amides is 4. The van der Waals surface area contributed by atoms with Crippen molar-refractivity contribution in [3.05, 3.63) is 107 Å². The van der Waals surface area contributed by atoms with Gasteiger partial charge in [-0.2, -0.15) is 5.01 Å². The summed E-state index contributed by atoms with van der Waals surface area (Å²) in [7, 11) is 0. The fraction of sp³-hybridized carbons (Fsp3) is 0.306. The van der Waals surface area contributed by atoms with Crippen molar-refractivity contribution in [1.82, 2.24) is 9.91 Å². The Morgan fingerprint density at radius 1 is 0.891 bits per heavy atom. The third-order valence-corrected chi connectivity index (χ3v) is 10.3. The standard InChI is InChI=1S/C36H33N3O7/c1-20-7-11-23(12-8-20)37-39-33(44)28-19-27-25(15-16-26-30(27)34(45)38(32(26)43)18-17-29(41)42)31(21-9-13-24(40)14-10-21)36(28,35(39)46)22-5-3-2-4-6-22/h2-15,26-28,30-31,37,40H,16-19H2,1H3,(H,41,42). The van der Waals surface area contributed by atoms with Gasteiger partial charge < -0.3 is 10.2 Å². The highest BCUT2D eigenvalue weighted by atomic mass is 16.4. The Bertz CT molecular complexity index is 1790. The Balaban J connectivity index is 1.40. The Kier molecular flexibility index (Phi) is 7.03. The number of likely N-dealkylation sites (tertiary alicyclic amines) is 1. The molecule has 234 valence electrons. The normalized spacial score (nSPS) is 28.5. The SMILES string of the molecule is Cc1ccc(NN2C(=O)C3CC4C(=CCC5C(=O)N(CCC(=O)O)C(=O)C54)C(c4ccc(O)cc4)C3(c3ccccc3)C2=O)cc1. The number of benzene rings is 3. The number of carboxylic acids is 1. The minimum absolute atomic E-state index is 0.0428. The van der Waals surface area contributed by atoms with E-state index in [0.717, 1.165) is 21.0 Å². The fourth-order valence-electron chi connectivity index (χ4n) is 8.28. The van der Waals surface area contributed by atoms with Gasteiger partial charge in [0.05, 0.1) is 35.3 Å². The maximum absolute atomic E-state index is 15.0. The molecule has 0 aromatic heterocycles. The number of aliphatic carboxylic acids is 1. The number of hydrogen-bond acceptors (Lipinski definition) is 7. The first-order chi connectivity index (χ1) is 22.1. The molecule has 0 spiro atoms. The van der Waals surface area contributed by atoms with Crippen molar-refractivity contribution in [1.29, 1.82) is 0 Å². The number of anilines is 1. The number of hydrogen-bond donors (Lipinski definition) is 3. The lowest BCUT2D eigenvalue weighted by molar-refractivity contribution is -0.143. The van der Waals surface area contributed by atoms with Crippen LogP contribution < -0.4 is 5.43 Å². The number of imide groups is 2. The maximum Gasteiger partial charge on any atom is 0.305 e. The van der Waals surface area contributed by atoms with Gasteiger partial charge in [-0.25, -0.2) is 0 Å². The number of phenols is 1. The second kappa shape index (κ2) is 11.0. The van der Waals surface area contributed by atoms with Crippen LogP contribution in [0.3, 0.4) is 0 Å². The van der Waals surface area contributed by atoms with Gasteiger partial charge in [0.1, 0.15) is 5.75 Å². The van der Waals surface area contributed by atoms with E-state index >= 15 is 0 Å². The predicted molar refractivity (Wildman–Crippen MR) is 166 cm³/mol. The molecule has 4 aliphatic rings. The summed E-state index contributed by atoms with van der Waals surface area (Å²) in [6.07, 6.45) is 2.00. The van der Waals surface area contributed by atoms with Gasteiger partial charge in [0.25, 0.3) is 11.8 Å². The number of allylic oxidation sites excluding steroid dienone is 2. The lowest BCUT2D eigenvalue weighted by Gasteiger charge is -2.50. The van der Waals surface area contributed by atoms with Crippen molar-refractivity contribution >= 4 is 35.3 Å². The quantitative estimate of drug-likeness (QED) is 0.264. The molecule has 6 unspecified atom stereocenters. The third-order valence-electron chi connectivity index (χ3n) is 10.3. The number of carbonyl (C=O) groups is 5. The van der Waals surface area contributed by atoms with Crippen molar-refractivity contribution in [3.8, 4) is 5.75 Å². The van der Waals surface area contributed by atoms with Crippen LogP contribution in [0.25, 0.3) is 0 Å². The topological polar surface area (TPSA) is 144 Å². The summed E-state index contributed by atoms with van der Waals surface area (Å²) in [5.74, 6) is -6.34. The second-order valence-corrected chi connectivity index (χ2v) is 12.7. The maximum atomic E-state index is 15.0. The molecule has 0 bridgehead atoms. The summed E-state index contributed by atoms with van der Waals surface area (Å²) in [5, 5.41) is 20.6. The molecule has 2 saturated heterocycles. The zero-order valence-electron chi connectivity index (χ0n) is 25.1. The zero-order valence-corrected chi connectivity index (χ0v) is 25.1. The zero-order chi connectivity index (χ0) is 32.3. The Labute approximate surface area is 265 Å². The van der Waals surface area contributed by atoms with E-state index in [1.54, 1.807) is 36.4 Å². The number of hydrazine groups is 1. The summed E-state index contributed by atoms with van der Waals surface area (Å²) in [4.78, 5) is 69.3. The van der Waals surface area contributed by atoms with Gasteiger partial charge in [0, 0.05) is 12.5 Å². The molecule has 3 fully saturated rings. The predicted octanol–water partition coefficient (Wildman–Crippen LogP) is 4.16. The average molecular weight is 620 g/mol. The molecule has 2 heterocycles. The van der Waals surface area contributed by atoms with Crippen LogP contribution in [0.2, 0.25) is 0 Å². The Morgan fingerprint density at radius 3 is 2.26 bits per heavy atom. The molecule has 2 aliphatic carbocycles. The molecule has 4 amide bonds. The van der Waals surface area contributed by atoms with Crippen LogP contribution in [0.1, 0.15) is 41.9 Å². The molecule has 7 rings (SSSR count). The number of nitrogens with one attached hydrogen (secondary N) is 1. The van der Waals surface area contributed by atoms with Crippen molar-refractivity contribution in [2.45, 2.75) is 37.5 Å². The van der Waals surface area contributed by atoms with Gasteiger partial charge in [-0.1, -0.05) is 71.8 Å². The van der Waals surface area contributed by atoms with Crippen molar-refractivity contribution in [2.75, 3.05) is 12.0 Å². The Morgan fingerprint density at radius 2 is 1.59 bits per heavy atom. The molecule has 3 aromatic carbocycles. The van der Waals surface area contributed by atoms with Crippen molar-refractivity contribution in [3.63, 3.8) is 0 Å². The van der Waals surface area contributed by atoms with Gasteiger partial charge in [0.15, 0.2) is 0 Å². The molecule has 1 saturated carbocycles. The largest absolute Gasteiger partial charge is 0.508 e. The number of rotatable bonds is 7. The van der Waals surface area contributed by atoms with Crippen LogP contribution in [-0.2, 0) is 29.4 Å². The number of phenolic OH excluding ortho intramolecular Hbond substituents is 1. The highest BCUT2D eigenvalue weighted by molar-refractivity contribution is 6.13. The molecular weight excluding hydrogens is 586 g/mol. The fourth-order valence-corrected chi connectivity index (χ4v) is 8.28. The van der Waals surface area contributed by atoms with Gasteiger partial charge in [0.2, 0.25) is 11.8 Å². The number of fused-ring (bicyclic) bond motifs is 4. The smallest absolute Gasteiger partial charge is 0.305 e. The monoisotopic (exact) mass is 619 g/mol. The van der Waals surface area contributed by atoms with Gasteiger partial charge in [-0.15, -0.1) is 0 Å². The van der Waals surface area contributed by atoms with Crippen LogP contribution in [-0.4, -0.2) is 56.3 Å². The molecule has 6 atom stereocenters. The summed E-state index contributed by atoms with van der Waals surface area (Å²) in [5.41, 5.74) is 5.41. The number of aryl methyl sites for hydroxylation is 1. The summed E-state index contributed by atoms with van der Waals surface area (Å²) < 4.78 is 0. The lowest BCUT2D eigenvalue weighted by atomic mass is 9.49. The molecule has 0 radical (unpaired) electrons. The first-order valence-corrected chi connectivity index (χ1v) is 15.5. The molecule has 46 heavy (non-hydrogen) atoms. The Hall–Kier alpha value is -5.25. The van der Waals surface area contributed by atoms with Crippen LogP contribution >= 0.6 is 0 Å². The molecule has 10 heteroatoms. The van der Waals surface area contributed by atoms with Crippen LogP contribution in [0.5, 0.6) is 5.75 Å². The van der Waals surface area contributed by atoms with Crippen LogP contribution in [0.15, 0.2) is 90.5 Å². The van der Waals surface area contributed by atoms with Gasteiger partial charge in [-0.05, 0) is 61.1 Å². The van der Waals surface area contributed by atoms with E-state index in [0.29, 0.717) is 16.8 Å². The number of nitrogens with zero attached hydrogens (tertiary/aromatic N) is 2. The number of carboxylic acid groups (broad SMARTS) is 1. The molecular formula is C36H33N3O7. The molecule has 2 aliphatic heterocycles. The average Bonchev–Trinajstić information content (AvgIpc) is 3.42. The third kappa shape index (κ3) is 4.34.